The summed E-state index contributed by atoms with van der Waals surface area (Å²) in [6.07, 6.45) is 1.69. The van der Waals surface area contributed by atoms with Gasteiger partial charge in [-0.3, -0.25) is 14.5 Å². The lowest BCUT2D eigenvalue weighted by molar-refractivity contribution is -0.123. The maximum atomic E-state index is 12.9. The first-order chi connectivity index (χ1) is 13.6. The van der Waals surface area contributed by atoms with E-state index in [0.717, 1.165) is 49.1 Å². The van der Waals surface area contributed by atoms with Crippen molar-refractivity contribution in [2.24, 2.45) is 7.05 Å². The lowest BCUT2D eigenvalue weighted by Crippen LogP contribution is -2.42. The standard InChI is InChI=1S/C20H25N5O3/c1-14(19(26)21-7-8-24-9-11-28-12-10-24)25-17-6-4-3-5-15(17)16-13-22-23(2)20(27)18(16)25/h3-6,13-14H,7-12H2,1-2H3,(H,21,26)/t14-/m1/s1. The third-order valence-corrected chi connectivity index (χ3v) is 5.40. The summed E-state index contributed by atoms with van der Waals surface area (Å²) in [5.74, 6) is -0.102. The minimum absolute atomic E-state index is 0.102. The van der Waals surface area contributed by atoms with E-state index >= 15 is 0 Å². The number of nitrogens with zero attached hydrogens (tertiary/aromatic N) is 4. The molecule has 8 heteroatoms. The van der Waals surface area contributed by atoms with Crippen LogP contribution in [-0.4, -0.2) is 64.5 Å². The predicted octanol–water partition coefficient (Wildman–Crippen LogP) is 0.898. The van der Waals surface area contributed by atoms with Crippen LogP contribution in [0.4, 0.5) is 0 Å². The van der Waals surface area contributed by atoms with Crippen LogP contribution >= 0.6 is 0 Å². The van der Waals surface area contributed by atoms with E-state index in [0.29, 0.717) is 12.1 Å². The molecule has 4 rings (SSSR count). The number of hydrogen-bond donors (Lipinski definition) is 1. The van der Waals surface area contributed by atoms with Crippen molar-refractivity contribution in [2.45, 2.75) is 13.0 Å². The van der Waals surface area contributed by atoms with Crippen molar-refractivity contribution in [3.8, 4) is 0 Å². The van der Waals surface area contributed by atoms with Gasteiger partial charge in [0.2, 0.25) is 5.91 Å². The van der Waals surface area contributed by atoms with E-state index in [1.165, 1.54) is 4.68 Å². The predicted molar refractivity (Wildman–Crippen MR) is 107 cm³/mol. The van der Waals surface area contributed by atoms with Crippen molar-refractivity contribution in [3.63, 3.8) is 0 Å². The molecule has 28 heavy (non-hydrogen) atoms. The van der Waals surface area contributed by atoms with E-state index < -0.39 is 6.04 Å². The van der Waals surface area contributed by atoms with Crippen LogP contribution in [0.15, 0.2) is 35.3 Å². The smallest absolute Gasteiger partial charge is 0.291 e. The van der Waals surface area contributed by atoms with E-state index in [2.05, 4.69) is 15.3 Å². The van der Waals surface area contributed by atoms with E-state index in [1.807, 2.05) is 35.8 Å². The number of carbonyl (C=O) groups excluding carboxylic acids is 1. The molecular formula is C20H25N5O3. The Morgan fingerprint density at radius 3 is 2.79 bits per heavy atom. The molecule has 0 aliphatic carbocycles. The molecule has 1 aliphatic heterocycles. The summed E-state index contributed by atoms with van der Waals surface area (Å²) in [5.41, 5.74) is 1.16. The van der Waals surface area contributed by atoms with Crippen LogP contribution in [-0.2, 0) is 16.6 Å². The minimum atomic E-state index is -0.512. The molecule has 148 valence electrons. The van der Waals surface area contributed by atoms with Crippen molar-refractivity contribution in [1.82, 2.24) is 24.6 Å². The molecule has 0 unspecified atom stereocenters. The third-order valence-electron chi connectivity index (χ3n) is 5.40. The fraction of sp³-hybridized carbons (Fsp3) is 0.450. The Morgan fingerprint density at radius 1 is 1.25 bits per heavy atom. The van der Waals surface area contributed by atoms with E-state index in [-0.39, 0.29) is 11.5 Å². The second-order valence-electron chi connectivity index (χ2n) is 7.14. The molecule has 1 aliphatic rings. The number of rotatable bonds is 5. The minimum Gasteiger partial charge on any atom is -0.379 e. The first kappa shape index (κ1) is 18.6. The lowest BCUT2D eigenvalue weighted by Gasteiger charge is -2.26. The van der Waals surface area contributed by atoms with Gasteiger partial charge in [0.15, 0.2) is 0 Å². The summed E-state index contributed by atoms with van der Waals surface area (Å²) in [4.78, 5) is 27.9. The highest BCUT2D eigenvalue weighted by atomic mass is 16.5. The van der Waals surface area contributed by atoms with Gasteiger partial charge in [-0.1, -0.05) is 18.2 Å². The Morgan fingerprint density at radius 2 is 2.00 bits per heavy atom. The Balaban J connectivity index is 1.62. The molecule has 1 aromatic carbocycles. The van der Waals surface area contributed by atoms with Crippen LogP contribution in [0.3, 0.4) is 0 Å². The molecule has 0 spiro atoms. The van der Waals surface area contributed by atoms with Gasteiger partial charge in [-0.15, -0.1) is 0 Å². The van der Waals surface area contributed by atoms with E-state index in [1.54, 1.807) is 13.2 Å². The monoisotopic (exact) mass is 383 g/mol. The number of aromatic nitrogens is 3. The highest BCUT2D eigenvalue weighted by Gasteiger charge is 2.23. The normalized spacial score (nSPS) is 16.5. The van der Waals surface area contributed by atoms with Gasteiger partial charge in [0, 0.05) is 44.0 Å². The van der Waals surface area contributed by atoms with Gasteiger partial charge in [-0.25, -0.2) is 4.68 Å². The van der Waals surface area contributed by atoms with Crippen molar-refractivity contribution < 1.29 is 9.53 Å². The number of fused-ring (bicyclic) bond motifs is 3. The lowest BCUT2D eigenvalue weighted by atomic mass is 10.2. The first-order valence-electron chi connectivity index (χ1n) is 9.60. The Kier molecular flexibility index (Phi) is 5.15. The summed E-state index contributed by atoms with van der Waals surface area (Å²) in [6, 6.07) is 7.22. The zero-order chi connectivity index (χ0) is 19.7. The molecule has 1 atom stereocenters. The van der Waals surface area contributed by atoms with E-state index in [9.17, 15) is 9.59 Å². The van der Waals surface area contributed by atoms with Crippen LogP contribution in [0.25, 0.3) is 21.8 Å². The highest BCUT2D eigenvalue weighted by molar-refractivity contribution is 6.08. The zero-order valence-corrected chi connectivity index (χ0v) is 16.2. The highest BCUT2D eigenvalue weighted by Crippen LogP contribution is 2.29. The molecule has 2 aromatic heterocycles. The fourth-order valence-electron chi connectivity index (χ4n) is 3.82. The molecule has 1 fully saturated rings. The van der Waals surface area contributed by atoms with Gasteiger partial charge < -0.3 is 14.6 Å². The van der Waals surface area contributed by atoms with E-state index in [4.69, 9.17) is 4.74 Å². The Bertz CT molecular complexity index is 1060. The van der Waals surface area contributed by atoms with Crippen molar-refractivity contribution in [3.05, 3.63) is 40.8 Å². The van der Waals surface area contributed by atoms with Gasteiger partial charge >= 0.3 is 0 Å². The van der Waals surface area contributed by atoms with Gasteiger partial charge in [0.1, 0.15) is 11.6 Å². The molecule has 0 radical (unpaired) electrons. The quantitative estimate of drug-likeness (QED) is 0.708. The number of carbonyl (C=O) groups is 1. The fourth-order valence-corrected chi connectivity index (χ4v) is 3.82. The first-order valence-corrected chi connectivity index (χ1v) is 9.60. The summed E-state index contributed by atoms with van der Waals surface area (Å²) in [5, 5.41) is 8.86. The second kappa shape index (κ2) is 7.73. The summed E-state index contributed by atoms with van der Waals surface area (Å²) < 4.78 is 8.49. The average Bonchev–Trinajstić information content (AvgIpc) is 3.06. The van der Waals surface area contributed by atoms with Crippen molar-refractivity contribution >= 4 is 27.7 Å². The summed E-state index contributed by atoms with van der Waals surface area (Å²) >= 11 is 0. The SMILES string of the molecule is C[C@H](C(=O)NCCN1CCOCC1)n1c2ccccc2c2cnn(C)c(=O)c21. The van der Waals surface area contributed by atoms with Gasteiger partial charge in [-0.05, 0) is 13.0 Å². The maximum Gasteiger partial charge on any atom is 0.291 e. The number of aryl methyl sites for hydroxylation is 1. The second-order valence-corrected chi connectivity index (χ2v) is 7.14. The molecule has 0 bridgehead atoms. The Labute approximate surface area is 162 Å². The maximum absolute atomic E-state index is 12.9. The molecule has 1 N–H and O–H groups in total. The molecule has 1 saturated heterocycles. The topological polar surface area (TPSA) is 81.4 Å². The van der Waals surface area contributed by atoms with Gasteiger partial charge in [0.25, 0.3) is 5.56 Å². The molecule has 3 aromatic rings. The molecule has 1 amide bonds. The molecule has 8 nitrogen and oxygen atoms in total. The molecule has 3 heterocycles. The zero-order valence-electron chi connectivity index (χ0n) is 16.2. The van der Waals surface area contributed by atoms with Crippen LogP contribution in [0.1, 0.15) is 13.0 Å². The molecular weight excluding hydrogens is 358 g/mol. The number of amides is 1. The van der Waals surface area contributed by atoms with Crippen LogP contribution < -0.4 is 10.9 Å². The number of morpholine rings is 1. The number of benzene rings is 1. The average molecular weight is 383 g/mol. The van der Waals surface area contributed by atoms with Crippen LogP contribution in [0.2, 0.25) is 0 Å². The molecule has 0 saturated carbocycles. The number of nitrogens with one attached hydrogen (secondary N) is 1. The number of ether oxygens (including phenoxy) is 1. The van der Waals surface area contributed by atoms with Crippen molar-refractivity contribution in [2.75, 3.05) is 39.4 Å². The largest absolute Gasteiger partial charge is 0.379 e. The van der Waals surface area contributed by atoms with Crippen LogP contribution in [0, 0.1) is 0 Å². The third kappa shape index (κ3) is 3.29. The number of hydrogen-bond acceptors (Lipinski definition) is 5. The van der Waals surface area contributed by atoms with Gasteiger partial charge in [0.05, 0.1) is 24.9 Å². The summed E-state index contributed by atoms with van der Waals surface area (Å²) in [6.45, 7) is 6.45. The Hall–Kier alpha value is -2.71. The van der Waals surface area contributed by atoms with Crippen LogP contribution in [0.5, 0.6) is 0 Å². The summed E-state index contributed by atoms with van der Waals surface area (Å²) in [7, 11) is 1.62. The van der Waals surface area contributed by atoms with Crippen molar-refractivity contribution in [1.29, 1.82) is 0 Å². The number of para-hydroxylation sites is 1. The van der Waals surface area contributed by atoms with Gasteiger partial charge in [-0.2, -0.15) is 5.10 Å².